The molecule has 1 aromatic heterocycles. The molecule has 4 rings (SSSR count). The first-order valence-corrected chi connectivity index (χ1v) is 13.2. The van der Waals surface area contributed by atoms with E-state index in [4.69, 9.17) is 14.2 Å². The van der Waals surface area contributed by atoms with E-state index in [1.165, 1.54) is 16.9 Å². The van der Waals surface area contributed by atoms with Gasteiger partial charge in [-0.1, -0.05) is 61.6 Å². The van der Waals surface area contributed by atoms with Crippen molar-refractivity contribution in [3.63, 3.8) is 0 Å². The Bertz CT molecular complexity index is 1510. The van der Waals surface area contributed by atoms with Gasteiger partial charge in [0.2, 0.25) is 0 Å². The molecule has 0 unspecified atom stereocenters. The second-order valence-electron chi connectivity index (χ2n) is 8.94. The number of esters is 1. The summed E-state index contributed by atoms with van der Waals surface area (Å²) in [7, 11) is 1.58. The second kappa shape index (κ2) is 11.2. The standard InChI is InChI=1S/C29H32N2O5S/c1-7-35-26-21(10-9-11-22(26)34-6)16-23-27(32)31-25(20-14-12-19(13-15-20)17(3)4)24(28(33)36-8-2)18(5)30-29(31)37-23/h9-17,25H,7-8H2,1-6H3/b23-16-/t25-/m1/s1. The Balaban J connectivity index is 1.94. The van der Waals surface area contributed by atoms with Gasteiger partial charge in [0.05, 0.1) is 42.2 Å². The lowest BCUT2D eigenvalue weighted by Gasteiger charge is -2.25. The number of aromatic nitrogens is 1. The quantitative estimate of drug-likeness (QED) is 0.413. The van der Waals surface area contributed by atoms with Crippen molar-refractivity contribution in [3.8, 4) is 11.5 Å². The molecule has 1 atom stereocenters. The normalized spacial score (nSPS) is 15.4. The van der Waals surface area contributed by atoms with Gasteiger partial charge in [-0.2, -0.15) is 0 Å². The molecular weight excluding hydrogens is 488 g/mol. The first-order valence-electron chi connectivity index (χ1n) is 12.4. The van der Waals surface area contributed by atoms with Crippen LogP contribution >= 0.6 is 11.3 Å². The molecule has 0 N–H and O–H groups in total. The molecule has 0 fully saturated rings. The molecule has 194 valence electrons. The van der Waals surface area contributed by atoms with E-state index in [1.54, 1.807) is 31.6 Å². The lowest BCUT2D eigenvalue weighted by molar-refractivity contribution is -0.139. The fourth-order valence-electron chi connectivity index (χ4n) is 4.42. The maximum atomic E-state index is 13.9. The third-order valence-corrected chi connectivity index (χ3v) is 7.22. The summed E-state index contributed by atoms with van der Waals surface area (Å²) >= 11 is 1.28. The Kier molecular flexibility index (Phi) is 7.97. The molecule has 0 amide bonds. The van der Waals surface area contributed by atoms with Gasteiger partial charge in [-0.05, 0) is 50.0 Å². The first-order chi connectivity index (χ1) is 17.8. The molecule has 1 aliphatic rings. The van der Waals surface area contributed by atoms with E-state index in [0.29, 0.717) is 44.6 Å². The zero-order chi connectivity index (χ0) is 26.7. The van der Waals surface area contributed by atoms with Gasteiger partial charge in [-0.25, -0.2) is 9.79 Å². The van der Waals surface area contributed by atoms with Crippen LogP contribution in [-0.2, 0) is 9.53 Å². The summed E-state index contributed by atoms with van der Waals surface area (Å²) in [4.78, 5) is 32.1. The van der Waals surface area contributed by atoms with E-state index in [-0.39, 0.29) is 12.2 Å². The number of nitrogens with zero attached hydrogens (tertiary/aromatic N) is 2. The summed E-state index contributed by atoms with van der Waals surface area (Å²) in [6.07, 6.45) is 1.79. The Hall–Kier alpha value is -3.65. The Labute approximate surface area is 220 Å². The Morgan fingerprint density at radius 3 is 2.49 bits per heavy atom. The topological polar surface area (TPSA) is 79.1 Å². The molecule has 0 aliphatic carbocycles. The summed E-state index contributed by atoms with van der Waals surface area (Å²) in [5, 5.41) is 0. The minimum absolute atomic E-state index is 0.231. The molecule has 0 saturated heterocycles. The maximum absolute atomic E-state index is 13.9. The molecule has 3 aromatic rings. The molecule has 2 heterocycles. The number of thiazole rings is 1. The van der Waals surface area contributed by atoms with E-state index in [1.807, 2.05) is 49.4 Å². The lowest BCUT2D eigenvalue weighted by Crippen LogP contribution is -2.39. The van der Waals surface area contributed by atoms with Crippen molar-refractivity contribution in [2.45, 2.75) is 46.6 Å². The van der Waals surface area contributed by atoms with Gasteiger partial charge in [0.25, 0.3) is 5.56 Å². The largest absolute Gasteiger partial charge is 0.493 e. The van der Waals surface area contributed by atoms with Crippen molar-refractivity contribution in [2.75, 3.05) is 20.3 Å². The SMILES string of the molecule is CCOC(=O)C1=C(C)N=c2s/c(=C\c3cccc(OC)c3OCC)c(=O)n2[C@@H]1c1ccc(C(C)C)cc1. The number of ether oxygens (including phenoxy) is 3. The van der Waals surface area contributed by atoms with Crippen LogP contribution in [0.3, 0.4) is 0 Å². The van der Waals surface area contributed by atoms with Gasteiger partial charge in [0.15, 0.2) is 16.3 Å². The number of methoxy groups -OCH3 is 1. The number of hydrogen-bond donors (Lipinski definition) is 0. The van der Waals surface area contributed by atoms with Crippen LogP contribution in [0, 0.1) is 0 Å². The molecule has 1 aliphatic heterocycles. The lowest BCUT2D eigenvalue weighted by atomic mass is 9.93. The van der Waals surface area contributed by atoms with Crippen LogP contribution in [-0.4, -0.2) is 30.9 Å². The average Bonchev–Trinajstić information content (AvgIpc) is 3.18. The predicted molar refractivity (Wildman–Crippen MR) is 145 cm³/mol. The third-order valence-electron chi connectivity index (χ3n) is 6.24. The highest BCUT2D eigenvalue weighted by molar-refractivity contribution is 7.07. The van der Waals surface area contributed by atoms with Crippen molar-refractivity contribution in [1.29, 1.82) is 0 Å². The number of benzene rings is 2. The van der Waals surface area contributed by atoms with Gasteiger partial charge < -0.3 is 14.2 Å². The number of fused-ring (bicyclic) bond motifs is 1. The number of para-hydroxylation sites is 1. The van der Waals surface area contributed by atoms with E-state index in [0.717, 1.165) is 11.1 Å². The number of hydrogen-bond acceptors (Lipinski definition) is 7. The molecule has 7 nitrogen and oxygen atoms in total. The highest BCUT2D eigenvalue weighted by Gasteiger charge is 2.33. The molecule has 0 radical (unpaired) electrons. The van der Waals surface area contributed by atoms with Crippen LogP contribution in [0.4, 0.5) is 0 Å². The predicted octanol–water partition coefficient (Wildman–Crippen LogP) is 4.33. The van der Waals surface area contributed by atoms with E-state index in [9.17, 15) is 9.59 Å². The summed E-state index contributed by atoms with van der Waals surface area (Å²) in [6.45, 7) is 10.4. The Morgan fingerprint density at radius 2 is 1.86 bits per heavy atom. The average molecular weight is 521 g/mol. The first kappa shape index (κ1) is 26.4. The summed E-state index contributed by atoms with van der Waals surface area (Å²) < 4.78 is 18.8. The molecule has 37 heavy (non-hydrogen) atoms. The molecule has 0 bridgehead atoms. The van der Waals surface area contributed by atoms with Crippen LogP contribution < -0.4 is 24.4 Å². The number of rotatable bonds is 8. The molecule has 0 saturated carbocycles. The minimum atomic E-state index is -0.643. The third kappa shape index (κ3) is 5.11. The van der Waals surface area contributed by atoms with Gasteiger partial charge in [-0.3, -0.25) is 9.36 Å². The molecule has 2 aromatic carbocycles. The smallest absolute Gasteiger partial charge is 0.338 e. The van der Waals surface area contributed by atoms with Crippen LogP contribution in [0.25, 0.3) is 6.08 Å². The Morgan fingerprint density at radius 1 is 1.14 bits per heavy atom. The van der Waals surface area contributed by atoms with Gasteiger partial charge in [0.1, 0.15) is 0 Å². The monoisotopic (exact) mass is 520 g/mol. The van der Waals surface area contributed by atoms with Crippen molar-refractivity contribution < 1.29 is 19.0 Å². The number of carbonyl (C=O) groups excluding carboxylic acids is 1. The van der Waals surface area contributed by atoms with Gasteiger partial charge in [0, 0.05) is 5.56 Å². The maximum Gasteiger partial charge on any atom is 0.338 e. The van der Waals surface area contributed by atoms with Crippen LogP contribution in [0.15, 0.2) is 63.5 Å². The van der Waals surface area contributed by atoms with Gasteiger partial charge >= 0.3 is 5.97 Å². The molecule has 8 heteroatoms. The van der Waals surface area contributed by atoms with Crippen molar-refractivity contribution >= 4 is 23.4 Å². The summed E-state index contributed by atoms with van der Waals surface area (Å²) in [6, 6.07) is 12.9. The summed E-state index contributed by atoms with van der Waals surface area (Å²) in [5.74, 6) is 1.05. The van der Waals surface area contributed by atoms with Crippen molar-refractivity contribution in [2.24, 2.45) is 4.99 Å². The fraction of sp³-hybridized carbons (Fsp3) is 0.345. The number of allylic oxidation sites excluding steroid dienone is 1. The number of carbonyl (C=O) groups is 1. The summed E-state index contributed by atoms with van der Waals surface area (Å²) in [5.41, 5.74) is 3.41. The minimum Gasteiger partial charge on any atom is -0.493 e. The zero-order valence-corrected chi connectivity index (χ0v) is 22.8. The second-order valence-corrected chi connectivity index (χ2v) is 9.94. The van der Waals surface area contributed by atoms with Crippen molar-refractivity contribution in [1.82, 2.24) is 4.57 Å². The molecular formula is C29H32N2O5S. The van der Waals surface area contributed by atoms with Crippen LogP contribution in [0.2, 0.25) is 0 Å². The van der Waals surface area contributed by atoms with Gasteiger partial charge in [-0.15, -0.1) is 0 Å². The van der Waals surface area contributed by atoms with E-state index >= 15 is 0 Å². The van der Waals surface area contributed by atoms with Crippen molar-refractivity contribution in [3.05, 3.63) is 90.1 Å². The highest BCUT2D eigenvalue weighted by atomic mass is 32.1. The van der Waals surface area contributed by atoms with Crippen LogP contribution in [0.1, 0.15) is 63.3 Å². The van der Waals surface area contributed by atoms with Crippen LogP contribution in [0.5, 0.6) is 11.5 Å². The van der Waals surface area contributed by atoms with E-state index in [2.05, 4.69) is 18.8 Å². The zero-order valence-electron chi connectivity index (χ0n) is 22.0. The fourth-order valence-corrected chi connectivity index (χ4v) is 5.45. The highest BCUT2D eigenvalue weighted by Crippen LogP contribution is 2.33. The molecule has 0 spiro atoms. The van der Waals surface area contributed by atoms with E-state index < -0.39 is 12.0 Å².